The van der Waals surface area contributed by atoms with Crippen LogP contribution in [0, 0.1) is 0 Å². The maximum absolute atomic E-state index is 12.0. The smallest absolute Gasteiger partial charge is 0.310 e. The second kappa shape index (κ2) is 6.89. The van der Waals surface area contributed by atoms with Crippen molar-refractivity contribution < 1.29 is 14.7 Å². The number of carbonyl (C=O) groups is 2. The van der Waals surface area contributed by atoms with Gasteiger partial charge in [-0.3, -0.25) is 14.3 Å². The molecule has 2 aromatic rings. The minimum absolute atomic E-state index is 0.179. The summed E-state index contributed by atoms with van der Waals surface area (Å²) in [5, 5.41) is 16.1. The maximum Gasteiger partial charge on any atom is 0.310 e. The molecule has 6 heteroatoms. The zero-order valence-corrected chi connectivity index (χ0v) is 12.6. The van der Waals surface area contributed by atoms with Gasteiger partial charge in [-0.1, -0.05) is 12.1 Å². The molecule has 1 amide bonds. The molecule has 0 aliphatic carbocycles. The minimum atomic E-state index is -0.895. The Kier molecular flexibility index (Phi) is 4.93. The third-order valence-electron chi connectivity index (χ3n) is 3.40. The lowest BCUT2D eigenvalue weighted by Gasteiger charge is -2.09. The quantitative estimate of drug-likeness (QED) is 0.857. The molecular weight excluding hydrogens is 282 g/mol. The summed E-state index contributed by atoms with van der Waals surface area (Å²) < 4.78 is 1.76. The number of carbonyl (C=O) groups excluding carboxylic acids is 1. The Balaban J connectivity index is 2.02. The van der Waals surface area contributed by atoms with E-state index in [9.17, 15) is 9.59 Å². The predicted octanol–water partition coefficient (Wildman–Crippen LogP) is 2.27. The van der Waals surface area contributed by atoms with E-state index in [1.54, 1.807) is 35.9 Å². The summed E-state index contributed by atoms with van der Waals surface area (Å²) in [6.07, 6.45) is 2.02. The molecule has 0 aliphatic heterocycles. The van der Waals surface area contributed by atoms with E-state index in [2.05, 4.69) is 10.4 Å². The Morgan fingerprint density at radius 1 is 1.36 bits per heavy atom. The molecule has 1 aromatic heterocycles. The van der Waals surface area contributed by atoms with Crippen molar-refractivity contribution in [3.05, 3.63) is 47.8 Å². The number of benzene rings is 1. The fraction of sp³-hybridized carbons (Fsp3) is 0.312. The summed E-state index contributed by atoms with van der Waals surface area (Å²) in [4.78, 5) is 23.0. The highest BCUT2D eigenvalue weighted by Crippen LogP contribution is 2.19. The number of nitrogens with one attached hydrogen (secondary N) is 1. The van der Waals surface area contributed by atoms with Crippen LogP contribution >= 0.6 is 0 Å². The van der Waals surface area contributed by atoms with Crippen LogP contribution in [0.2, 0.25) is 0 Å². The summed E-state index contributed by atoms with van der Waals surface area (Å²) >= 11 is 0. The van der Waals surface area contributed by atoms with Gasteiger partial charge in [0.25, 0.3) is 0 Å². The molecule has 1 unspecified atom stereocenters. The van der Waals surface area contributed by atoms with Gasteiger partial charge in [0.2, 0.25) is 5.91 Å². The Bertz CT molecular complexity index is 679. The highest BCUT2D eigenvalue weighted by atomic mass is 16.4. The van der Waals surface area contributed by atoms with E-state index in [4.69, 9.17) is 5.11 Å². The molecule has 0 saturated heterocycles. The molecule has 116 valence electrons. The first kappa shape index (κ1) is 15.8. The molecule has 0 aliphatic rings. The van der Waals surface area contributed by atoms with Crippen molar-refractivity contribution in [2.45, 2.75) is 32.7 Å². The van der Waals surface area contributed by atoms with Crippen LogP contribution < -0.4 is 5.32 Å². The molecule has 0 fully saturated rings. The highest BCUT2D eigenvalue weighted by molar-refractivity contribution is 5.92. The van der Waals surface area contributed by atoms with Gasteiger partial charge in [0.05, 0.1) is 18.0 Å². The van der Waals surface area contributed by atoms with Crippen LogP contribution in [0.3, 0.4) is 0 Å². The van der Waals surface area contributed by atoms with Crippen LogP contribution in [-0.4, -0.2) is 26.8 Å². The molecular formula is C16H19N3O3. The summed E-state index contributed by atoms with van der Waals surface area (Å²) in [6, 6.07) is 8.70. The summed E-state index contributed by atoms with van der Waals surface area (Å²) in [5.41, 5.74) is 1.94. The zero-order chi connectivity index (χ0) is 16.1. The van der Waals surface area contributed by atoms with Crippen molar-refractivity contribution >= 4 is 17.6 Å². The van der Waals surface area contributed by atoms with E-state index in [0.717, 1.165) is 6.54 Å². The lowest BCUT2D eigenvalue weighted by molar-refractivity contribution is -0.138. The van der Waals surface area contributed by atoms with Crippen LogP contribution in [0.1, 0.15) is 31.0 Å². The number of aryl methyl sites for hydroxylation is 1. The maximum atomic E-state index is 12.0. The van der Waals surface area contributed by atoms with Crippen LogP contribution in [-0.2, 0) is 22.6 Å². The van der Waals surface area contributed by atoms with Crippen molar-refractivity contribution in [2.24, 2.45) is 0 Å². The van der Waals surface area contributed by atoms with Gasteiger partial charge in [-0.15, -0.1) is 0 Å². The molecule has 2 N–H and O–H groups in total. The Morgan fingerprint density at radius 2 is 2.14 bits per heavy atom. The second-order valence-electron chi connectivity index (χ2n) is 5.07. The number of carboxylic acids is 1. The molecule has 2 rings (SSSR count). The van der Waals surface area contributed by atoms with Crippen molar-refractivity contribution in [3.63, 3.8) is 0 Å². The molecule has 1 aromatic carbocycles. The zero-order valence-electron chi connectivity index (χ0n) is 12.6. The minimum Gasteiger partial charge on any atom is -0.481 e. The summed E-state index contributed by atoms with van der Waals surface area (Å²) in [5.74, 6) is -1.69. The van der Waals surface area contributed by atoms with Crippen molar-refractivity contribution in [1.29, 1.82) is 0 Å². The van der Waals surface area contributed by atoms with Gasteiger partial charge < -0.3 is 10.4 Å². The van der Waals surface area contributed by atoms with E-state index in [0.29, 0.717) is 16.9 Å². The van der Waals surface area contributed by atoms with Gasteiger partial charge in [0.15, 0.2) is 0 Å². The first-order valence-corrected chi connectivity index (χ1v) is 7.14. The van der Waals surface area contributed by atoms with Crippen molar-refractivity contribution in [2.75, 3.05) is 5.32 Å². The fourth-order valence-electron chi connectivity index (χ4n) is 2.07. The normalized spacial score (nSPS) is 11.9. The molecule has 0 radical (unpaired) electrons. The largest absolute Gasteiger partial charge is 0.481 e. The highest BCUT2D eigenvalue weighted by Gasteiger charge is 2.14. The van der Waals surface area contributed by atoms with Gasteiger partial charge in [-0.25, -0.2) is 0 Å². The molecule has 22 heavy (non-hydrogen) atoms. The topological polar surface area (TPSA) is 84.2 Å². The monoisotopic (exact) mass is 301 g/mol. The number of aromatic nitrogens is 2. The van der Waals surface area contributed by atoms with E-state index in [1.807, 2.05) is 19.2 Å². The first-order chi connectivity index (χ1) is 10.5. The number of amides is 1. The van der Waals surface area contributed by atoms with Crippen LogP contribution in [0.4, 0.5) is 5.69 Å². The molecule has 1 heterocycles. The van der Waals surface area contributed by atoms with Crippen molar-refractivity contribution in [1.82, 2.24) is 9.78 Å². The number of hydrogen-bond acceptors (Lipinski definition) is 3. The number of rotatable bonds is 6. The van der Waals surface area contributed by atoms with Gasteiger partial charge in [0, 0.05) is 18.4 Å². The van der Waals surface area contributed by atoms with Gasteiger partial charge >= 0.3 is 5.97 Å². The Morgan fingerprint density at radius 3 is 2.77 bits per heavy atom. The molecule has 0 spiro atoms. The Hall–Kier alpha value is -2.63. The standard InChI is InChI=1S/C16H19N3O3/c1-3-19-8-7-14(18-19)10-15(20)17-13-6-4-5-12(9-13)11(2)16(21)22/h4-9,11H,3,10H2,1-2H3,(H,17,20)(H,21,22). The van der Waals surface area contributed by atoms with E-state index in [-0.39, 0.29) is 12.3 Å². The summed E-state index contributed by atoms with van der Waals surface area (Å²) in [6.45, 7) is 4.35. The number of nitrogens with zero attached hydrogens (tertiary/aromatic N) is 2. The van der Waals surface area contributed by atoms with E-state index < -0.39 is 11.9 Å². The number of hydrogen-bond donors (Lipinski definition) is 2. The van der Waals surface area contributed by atoms with Crippen LogP contribution in [0.25, 0.3) is 0 Å². The third-order valence-corrected chi connectivity index (χ3v) is 3.40. The van der Waals surface area contributed by atoms with Gasteiger partial charge in [-0.2, -0.15) is 5.10 Å². The fourth-order valence-corrected chi connectivity index (χ4v) is 2.07. The molecule has 0 bridgehead atoms. The first-order valence-electron chi connectivity index (χ1n) is 7.14. The van der Waals surface area contributed by atoms with E-state index in [1.165, 1.54) is 0 Å². The average molecular weight is 301 g/mol. The van der Waals surface area contributed by atoms with Crippen LogP contribution in [0.5, 0.6) is 0 Å². The lowest BCUT2D eigenvalue weighted by atomic mass is 10.0. The van der Waals surface area contributed by atoms with Gasteiger partial charge in [-0.05, 0) is 37.6 Å². The average Bonchev–Trinajstić information content (AvgIpc) is 2.94. The predicted molar refractivity (Wildman–Crippen MR) is 82.7 cm³/mol. The lowest BCUT2D eigenvalue weighted by Crippen LogP contribution is -2.15. The SMILES string of the molecule is CCn1ccc(CC(=O)Nc2cccc(C(C)C(=O)O)c2)n1. The Labute approximate surface area is 128 Å². The second-order valence-corrected chi connectivity index (χ2v) is 5.07. The number of anilines is 1. The molecule has 6 nitrogen and oxygen atoms in total. The molecule has 1 atom stereocenters. The van der Waals surface area contributed by atoms with Crippen LogP contribution in [0.15, 0.2) is 36.5 Å². The van der Waals surface area contributed by atoms with Crippen molar-refractivity contribution in [3.8, 4) is 0 Å². The molecule has 0 saturated carbocycles. The third kappa shape index (κ3) is 3.94. The van der Waals surface area contributed by atoms with E-state index >= 15 is 0 Å². The number of carboxylic acid groups (broad SMARTS) is 1. The number of aliphatic carboxylic acids is 1. The van der Waals surface area contributed by atoms with Gasteiger partial charge in [0.1, 0.15) is 0 Å². The summed E-state index contributed by atoms with van der Waals surface area (Å²) in [7, 11) is 0.